The topological polar surface area (TPSA) is 24.9 Å². The predicted octanol–water partition coefficient (Wildman–Crippen LogP) is 3.38. The molecule has 2 saturated heterocycles. The Morgan fingerprint density at radius 1 is 0.690 bits per heavy atom. The molecule has 2 aliphatic heterocycles. The minimum atomic E-state index is -0.0419. The molecule has 6 atom stereocenters. The van der Waals surface area contributed by atoms with Crippen molar-refractivity contribution in [1.29, 1.82) is 0 Å². The Kier molecular flexibility index (Phi) is 3.98. The van der Waals surface area contributed by atoms with Crippen LogP contribution in [0, 0.1) is 0 Å². The van der Waals surface area contributed by atoms with Gasteiger partial charge in [-0.3, -0.25) is 9.80 Å². The Hall–Kier alpha value is -1.72. The van der Waals surface area contributed by atoms with E-state index in [0.717, 1.165) is 32.4 Å². The van der Waals surface area contributed by atoms with Crippen molar-refractivity contribution in [2.75, 3.05) is 20.1 Å². The van der Waals surface area contributed by atoms with Gasteiger partial charge in [0.1, 0.15) is 13.5 Å². The van der Waals surface area contributed by atoms with Crippen LogP contribution >= 0.6 is 0 Å². The van der Waals surface area contributed by atoms with Crippen molar-refractivity contribution < 1.29 is 9.47 Å². The third-order valence-electron chi connectivity index (χ3n) is 8.18. The maximum Gasteiger partial charge on any atom is 0.101 e. The summed E-state index contributed by atoms with van der Waals surface area (Å²) in [6.45, 7) is 7.03. The van der Waals surface area contributed by atoms with Gasteiger partial charge in [0.15, 0.2) is 0 Å². The maximum absolute atomic E-state index is 6.67. The first-order valence-electron chi connectivity index (χ1n) is 10.9. The van der Waals surface area contributed by atoms with Gasteiger partial charge in [-0.15, -0.1) is 0 Å². The zero-order valence-corrected chi connectivity index (χ0v) is 17.4. The molecule has 0 N–H and O–H groups in total. The fourth-order valence-corrected chi connectivity index (χ4v) is 6.07. The normalized spacial score (nSPS) is 40.5. The highest BCUT2D eigenvalue weighted by molar-refractivity contribution is 5.35. The third-order valence-corrected chi connectivity index (χ3v) is 8.18. The molecule has 0 spiro atoms. The van der Waals surface area contributed by atoms with Crippen molar-refractivity contribution in [1.82, 2.24) is 9.80 Å². The molecule has 6 unspecified atom stereocenters. The van der Waals surface area contributed by atoms with Crippen LogP contribution in [-0.4, -0.2) is 53.2 Å². The zero-order valence-electron chi connectivity index (χ0n) is 17.4. The monoisotopic (exact) mass is 390 g/mol. The second-order valence-electron chi connectivity index (χ2n) is 9.80. The molecule has 0 radical (unpaired) electrons. The van der Waals surface area contributed by atoms with Crippen LogP contribution in [0.1, 0.15) is 36.1 Å². The first-order chi connectivity index (χ1) is 14.1. The summed E-state index contributed by atoms with van der Waals surface area (Å²) in [5.74, 6) is 0. The first-order valence-corrected chi connectivity index (χ1v) is 10.9. The predicted molar refractivity (Wildman–Crippen MR) is 113 cm³/mol. The second kappa shape index (κ2) is 6.39. The van der Waals surface area contributed by atoms with Gasteiger partial charge < -0.3 is 9.47 Å². The summed E-state index contributed by atoms with van der Waals surface area (Å²) in [4.78, 5) is 5.10. The molecule has 0 aromatic heterocycles. The molecule has 6 rings (SSSR count). The Morgan fingerprint density at radius 2 is 1.10 bits per heavy atom. The fraction of sp³-hybridized carbons (Fsp3) is 0.520. The average Bonchev–Trinajstić information content (AvgIpc) is 2.96. The second-order valence-corrected chi connectivity index (χ2v) is 9.80. The minimum Gasteiger partial charge on any atom is -0.361 e. The molecule has 4 nitrogen and oxygen atoms in total. The Labute approximate surface area is 173 Å². The molecule has 2 aromatic rings. The van der Waals surface area contributed by atoms with E-state index in [4.69, 9.17) is 9.47 Å². The van der Waals surface area contributed by atoms with Crippen molar-refractivity contribution in [2.45, 2.75) is 62.8 Å². The Balaban J connectivity index is 1.37. The van der Waals surface area contributed by atoms with Crippen molar-refractivity contribution in [3.05, 3.63) is 70.8 Å². The number of rotatable bonds is 0. The van der Waals surface area contributed by atoms with Crippen molar-refractivity contribution in [2.24, 2.45) is 0 Å². The number of hydrogen-bond donors (Lipinski definition) is 0. The van der Waals surface area contributed by atoms with Crippen molar-refractivity contribution in [3.8, 4) is 0 Å². The largest absolute Gasteiger partial charge is 0.361 e. The van der Waals surface area contributed by atoms with E-state index in [2.05, 4.69) is 72.2 Å². The van der Waals surface area contributed by atoms with Crippen molar-refractivity contribution >= 4 is 0 Å². The number of ether oxygens (including phenoxy) is 2. The highest BCUT2D eigenvalue weighted by Crippen LogP contribution is 2.43. The van der Waals surface area contributed by atoms with Gasteiger partial charge in [-0.2, -0.15) is 0 Å². The molecule has 0 saturated carbocycles. The molecule has 4 aliphatic rings. The molecule has 152 valence electrons. The standard InChI is InChI=1S/C25H30N2O2/c1-24-13-20-9-5-3-7-18(20)11-22(24)28-17-27-15-26(24)16-29-23-12-19-8-4-6-10-21(19)14-25(23,27)2/h3-10,22-23H,11-17H2,1-2H3. The average molecular weight is 391 g/mol. The lowest BCUT2D eigenvalue weighted by atomic mass is 9.76. The summed E-state index contributed by atoms with van der Waals surface area (Å²) in [5.41, 5.74) is 5.72. The molecular formula is C25H30N2O2. The van der Waals surface area contributed by atoms with Gasteiger partial charge in [-0.25, -0.2) is 0 Å². The van der Waals surface area contributed by atoms with E-state index in [1.807, 2.05) is 0 Å². The molecule has 2 aliphatic carbocycles. The summed E-state index contributed by atoms with van der Waals surface area (Å²) in [5, 5.41) is 0. The Morgan fingerprint density at radius 3 is 1.55 bits per heavy atom. The number of benzene rings is 2. The number of nitrogens with zero attached hydrogens (tertiary/aromatic N) is 2. The van der Waals surface area contributed by atoms with Gasteiger partial charge >= 0.3 is 0 Å². The number of hydrogen-bond acceptors (Lipinski definition) is 4. The minimum absolute atomic E-state index is 0.0419. The van der Waals surface area contributed by atoms with E-state index in [-0.39, 0.29) is 23.3 Å². The lowest BCUT2D eigenvalue weighted by Crippen LogP contribution is -2.60. The molecule has 2 fully saturated rings. The molecule has 2 bridgehead atoms. The summed E-state index contributed by atoms with van der Waals surface area (Å²) in [6, 6.07) is 17.7. The van der Waals surface area contributed by atoms with Crippen LogP contribution in [0.4, 0.5) is 0 Å². The van der Waals surface area contributed by atoms with E-state index < -0.39 is 0 Å². The quantitative estimate of drug-likeness (QED) is 0.689. The summed E-state index contributed by atoms with van der Waals surface area (Å²) < 4.78 is 13.3. The van der Waals surface area contributed by atoms with Gasteiger partial charge in [0.05, 0.1) is 30.0 Å². The van der Waals surface area contributed by atoms with Gasteiger partial charge in [0.2, 0.25) is 0 Å². The van der Waals surface area contributed by atoms with E-state index in [1.54, 1.807) is 0 Å². The lowest BCUT2D eigenvalue weighted by Gasteiger charge is -2.47. The highest BCUT2D eigenvalue weighted by atomic mass is 16.5. The SMILES string of the molecule is CC12Cc3ccccc3CC1OCN1CN2COC2Cc3ccccc3CC21C. The van der Waals surface area contributed by atoms with Crippen LogP contribution in [0.15, 0.2) is 48.5 Å². The Bertz CT molecular complexity index is 870. The van der Waals surface area contributed by atoms with Gasteiger partial charge in [0, 0.05) is 12.8 Å². The van der Waals surface area contributed by atoms with Crippen LogP contribution in [0.2, 0.25) is 0 Å². The van der Waals surface area contributed by atoms with E-state index in [9.17, 15) is 0 Å². The fourth-order valence-electron chi connectivity index (χ4n) is 6.07. The van der Waals surface area contributed by atoms with E-state index >= 15 is 0 Å². The van der Waals surface area contributed by atoms with Crippen LogP contribution in [0.25, 0.3) is 0 Å². The molecule has 29 heavy (non-hydrogen) atoms. The van der Waals surface area contributed by atoms with Crippen molar-refractivity contribution in [3.63, 3.8) is 0 Å². The zero-order chi connectivity index (χ0) is 19.6. The maximum atomic E-state index is 6.67. The van der Waals surface area contributed by atoms with E-state index in [1.165, 1.54) is 22.3 Å². The van der Waals surface area contributed by atoms with Gasteiger partial charge in [0.25, 0.3) is 0 Å². The molecule has 0 amide bonds. The molecule has 2 heterocycles. The van der Waals surface area contributed by atoms with Crippen LogP contribution in [-0.2, 0) is 35.2 Å². The van der Waals surface area contributed by atoms with Crippen LogP contribution in [0.5, 0.6) is 0 Å². The van der Waals surface area contributed by atoms with Crippen LogP contribution in [0.3, 0.4) is 0 Å². The summed E-state index contributed by atoms with van der Waals surface area (Å²) >= 11 is 0. The lowest BCUT2D eigenvalue weighted by molar-refractivity contribution is -0.134. The molecule has 2 aromatic carbocycles. The van der Waals surface area contributed by atoms with Gasteiger partial charge in [-0.05, 0) is 48.9 Å². The van der Waals surface area contributed by atoms with E-state index in [0.29, 0.717) is 13.5 Å². The third kappa shape index (κ3) is 2.66. The smallest absolute Gasteiger partial charge is 0.101 e. The molecule has 4 heteroatoms. The summed E-state index contributed by atoms with van der Waals surface area (Å²) in [7, 11) is 0. The van der Waals surface area contributed by atoms with Crippen LogP contribution < -0.4 is 0 Å². The highest BCUT2D eigenvalue weighted by Gasteiger charge is 2.53. The number of fused-ring (bicyclic) bond motifs is 8. The molecular weight excluding hydrogens is 360 g/mol. The first kappa shape index (κ1) is 18.1. The summed E-state index contributed by atoms with van der Waals surface area (Å²) in [6.07, 6.45) is 4.41. The van der Waals surface area contributed by atoms with Gasteiger partial charge in [-0.1, -0.05) is 48.5 Å².